The molecular formula is C19H18N4O2. The van der Waals surface area contributed by atoms with Crippen LogP contribution in [0, 0.1) is 6.92 Å². The summed E-state index contributed by atoms with van der Waals surface area (Å²) in [6.45, 7) is 1.99. The molecule has 0 atom stereocenters. The highest BCUT2D eigenvalue weighted by atomic mass is 16.5. The minimum atomic E-state index is -0.292. The SMILES string of the molecule is COc1cccc(Nc2nccc(C(=O)Nc3ccc(C)cc3)n2)c1. The summed E-state index contributed by atoms with van der Waals surface area (Å²) in [5, 5.41) is 5.88. The van der Waals surface area contributed by atoms with Gasteiger partial charge in [0.25, 0.3) is 5.91 Å². The lowest BCUT2D eigenvalue weighted by atomic mass is 10.2. The second-order valence-electron chi connectivity index (χ2n) is 5.44. The maximum atomic E-state index is 12.4. The summed E-state index contributed by atoms with van der Waals surface area (Å²) in [6, 6.07) is 16.5. The number of rotatable bonds is 5. The molecule has 6 nitrogen and oxygen atoms in total. The van der Waals surface area contributed by atoms with Crippen molar-refractivity contribution >= 4 is 23.2 Å². The predicted octanol–water partition coefficient (Wildman–Crippen LogP) is 3.79. The van der Waals surface area contributed by atoms with Crippen molar-refractivity contribution in [1.29, 1.82) is 0 Å². The summed E-state index contributed by atoms with van der Waals surface area (Å²) >= 11 is 0. The van der Waals surface area contributed by atoms with E-state index in [2.05, 4.69) is 20.6 Å². The normalized spacial score (nSPS) is 10.2. The molecule has 0 spiro atoms. The highest BCUT2D eigenvalue weighted by Crippen LogP contribution is 2.19. The van der Waals surface area contributed by atoms with Crippen molar-refractivity contribution in [2.75, 3.05) is 17.7 Å². The second kappa shape index (κ2) is 7.44. The number of hydrogen-bond donors (Lipinski definition) is 2. The van der Waals surface area contributed by atoms with Crippen LogP contribution < -0.4 is 15.4 Å². The molecule has 1 amide bonds. The standard InChI is InChI=1S/C19H18N4O2/c1-13-6-8-14(9-7-13)21-18(24)17-10-11-20-19(23-17)22-15-4-3-5-16(12-15)25-2/h3-12H,1-2H3,(H,21,24)(H,20,22,23). The van der Waals surface area contributed by atoms with Gasteiger partial charge in [-0.2, -0.15) is 0 Å². The Kier molecular flexibility index (Phi) is 4.89. The van der Waals surface area contributed by atoms with Crippen LogP contribution in [0.1, 0.15) is 16.1 Å². The van der Waals surface area contributed by atoms with Crippen LogP contribution in [0.25, 0.3) is 0 Å². The van der Waals surface area contributed by atoms with E-state index in [9.17, 15) is 4.79 Å². The fourth-order valence-corrected chi connectivity index (χ4v) is 2.21. The van der Waals surface area contributed by atoms with Crippen molar-refractivity contribution in [1.82, 2.24) is 9.97 Å². The molecule has 0 saturated heterocycles. The van der Waals surface area contributed by atoms with Gasteiger partial charge in [0.1, 0.15) is 11.4 Å². The first kappa shape index (κ1) is 16.4. The number of amides is 1. The molecule has 0 unspecified atom stereocenters. The van der Waals surface area contributed by atoms with Gasteiger partial charge in [0.15, 0.2) is 0 Å². The number of anilines is 3. The van der Waals surface area contributed by atoms with Crippen molar-refractivity contribution < 1.29 is 9.53 Å². The molecule has 0 fully saturated rings. The van der Waals surface area contributed by atoms with Gasteiger partial charge >= 0.3 is 0 Å². The van der Waals surface area contributed by atoms with E-state index in [1.54, 1.807) is 19.4 Å². The fourth-order valence-electron chi connectivity index (χ4n) is 2.21. The number of nitrogens with zero attached hydrogens (tertiary/aromatic N) is 2. The van der Waals surface area contributed by atoms with Gasteiger partial charge < -0.3 is 15.4 Å². The fraction of sp³-hybridized carbons (Fsp3) is 0.105. The van der Waals surface area contributed by atoms with E-state index in [-0.39, 0.29) is 11.6 Å². The molecule has 0 aliphatic rings. The smallest absolute Gasteiger partial charge is 0.274 e. The zero-order valence-corrected chi connectivity index (χ0v) is 14.0. The van der Waals surface area contributed by atoms with E-state index >= 15 is 0 Å². The minimum Gasteiger partial charge on any atom is -0.497 e. The van der Waals surface area contributed by atoms with Gasteiger partial charge in [-0.3, -0.25) is 4.79 Å². The Hall–Kier alpha value is -3.41. The summed E-state index contributed by atoms with van der Waals surface area (Å²) in [5.74, 6) is 0.767. The Morgan fingerprint density at radius 3 is 2.60 bits per heavy atom. The van der Waals surface area contributed by atoms with E-state index in [4.69, 9.17) is 4.74 Å². The number of aromatic nitrogens is 2. The predicted molar refractivity (Wildman–Crippen MR) is 97.4 cm³/mol. The molecule has 3 aromatic rings. The molecule has 0 saturated carbocycles. The first-order chi connectivity index (χ1) is 12.1. The van der Waals surface area contributed by atoms with Crippen LogP contribution in [-0.2, 0) is 0 Å². The van der Waals surface area contributed by atoms with Gasteiger partial charge in [0.2, 0.25) is 5.95 Å². The summed E-state index contributed by atoms with van der Waals surface area (Å²) in [4.78, 5) is 20.8. The van der Waals surface area contributed by atoms with Crippen LogP contribution in [0.5, 0.6) is 5.75 Å². The van der Waals surface area contributed by atoms with Gasteiger partial charge in [-0.05, 0) is 37.3 Å². The molecular weight excluding hydrogens is 316 g/mol. The van der Waals surface area contributed by atoms with Gasteiger partial charge in [-0.25, -0.2) is 9.97 Å². The second-order valence-corrected chi connectivity index (χ2v) is 5.44. The number of ether oxygens (including phenoxy) is 1. The first-order valence-electron chi connectivity index (χ1n) is 7.76. The summed E-state index contributed by atoms with van der Waals surface area (Å²) in [6.07, 6.45) is 1.54. The number of hydrogen-bond acceptors (Lipinski definition) is 5. The zero-order chi connectivity index (χ0) is 17.6. The Morgan fingerprint density at radius 2 is 1.84 bits per heavy atom. The van der Waals surface area contributed by atoms with Crippen molar-refractivity contribution in [3.8, 4) is 5.75 Å². The van der Waals surface area contributed by atoms with Crippen LogP contribution >= 0.6 is 0 Å². The number of methoxy groups -OCH3 is 1. The van der Waals surface area contributed by atoms with Gasteiger partial charge in [-0.1, -0.05) is 23.8 Å². The number of carbonyl (C=O) groups excluding carboxylic acids is 1. The highest BCUT2D eigenvalue weighted by Gasteiger charge is 2.09. The maximum Gasteiger partial charge on any atom is 0.274 e. The maximum absolute atomic E-state index is 12.4. The van der Waals surface area contributed by atoms with Gasteiger partial charge in [0, 0.05) is 23.6 Å². The molecule has 0 bridgehead atoms. The molecule has 0 aliphatic heterocycles. The molecule has 126 valence electrons. The van der Waals surface area contributed by atoms with E-state index in [0.29, 0.717) is 5.95 Å². The molecule has 1 aromatic heterocycles. The topological polar surface area (TPSA) is 76.1 Å². The first-order valence-corrected chi connectivity index (χ1v) is 7.76. The Morgan fingerprint density at radius 1 is 1.04 bits per heavy atom. The van der Waals surface area contributed by atoms with Crippen LogP contribution in [0.15, 0.2) is 60.8 Å². The molecule has 1 heterocycles. The Labute approximate surface area is 145 Å². The lowest BCUT2D eigenvalue weighted by Crippen LogP contribution is -2.14. The lowest BCUT2D eigenvalue weighted by Gasteiger charge is -2.08. The molecule has 0 aliphatic carbocycles. The minimum absolute atomic E-state index is 0.279. The highest BCUT2D eigenvalue weighted by molar-refractivity contribution is 6.03. The molecule has 2 N–H and O–H groups in total. The van der Waals surface area contributed by atoms with Gasteiger partial charge in [0.05, 0.1) is 7.11 Å². The molecule has 0 radical (unpaired) electrons. The number of aryl methyl sites for hydroxylation is 1. The van der Waals surface area contributed by atoms with Crippen molar-refractivity contribution in [2.45, 2.75) is 6.92 Å². The van der Waals surface area contributed by atoms with Crippen LogP contribution in [0.4, 0.5) is 17.3 Å². The third-order valence-corrected chi connectivity index (χ3v) is 3.52. The van der Waals surface area contributed by atoms with E-state index < -0.39 is 0 Å². The zero-order valence-electron chi connectivity index (χ0n) is 14.0. The average Bonchev–Trinajstić information content (AvgIpc) is 2.64. The van der Waals surface area contributed by atoms with E-state index in [1.807, 2.05) is 55.5 Å². The summed E-state index contributed by atoms with van der Waals surface area (Å²) in [7, 11) is 1.60. The largest absolute Gasteiger partial charge is 0.497 e. The third-order valence-electron chi connectivity index (χ3n) is 3.52. The van der Waals surface area contributed by atoms with Crippen LogP contribution in [-0.4, -0.2) is 23.0 Å². The van der Waals surface area contributed by atoms with Crippen LogP contribution in [0.2, 0.25) is 0 Å². The van der Waals surface area contributed by atoms with Crippen molar-refractivity contribution in [3.63, 3.8) is 0 Å². The monoisotopic (exact) mass is 334 g/mol. The lowest BCUT2D eigenvalue weighted by molar-refractivity contribution is 0.102. The quantitative estimate of drug-likeness (QED) is 0.742. The summed E-state index contributed by atoms with van der Waals surface area (Å²) in [5.41, 5.74) is 2.90. The van der Waals surface area contributed by atoms with Crippen LogP contribution in [0.3, 0.4) is 0 Å². The van der Waals surface area contributed by atoms with Crippen molar-refractivity contribution in [3.05, 3.63) is 72.1 Å². The number of nitrogens with one attached hydrogen (secondary N) is 2. The number of carbonyl (C=O) groups is 1. The molecule has 2 aromatic carbocycles. The van der Waals surface area contributed by atoms with E-state index in [1.165, 1.54) is 0 Å². The Balaban J connectivity index is 1.74. The molecule has 3 rings (SSSR count). The summed E-state index contributed by atoms with van der Waals surface area (Å²) < 4.78 is 5.18. The third kappa shape index (κ3) is 4.32. The average molecular weight is 334 g/mol. The Bertz CT molecular complexity index is 879. The van der Waals surface area contributed by atoms with E-state index in [0.717, 1.165) is 22.7 Å². The van der Waals surface area contributed by atoms with Crippen molar-refractivity contribution in [2.24, 2.45) is 0 Å². The number of benzene rings is 2. The molecule has 6 heteroatoms. The molecule has 25 heavy (non-hydrogen) atoms. The van der Waals surface area contributed by atoms with Gasteiger partial charge in [-0.15, -0.1) is 0 Å².